The van der Waals surface area contributed by atoms with Crippen molar-refractivity contribution in [1.82, 2.24) is 0 Å². The third-order valence-corrected chi connectivity index (χ3v) is 4.91. The van der Waals surface area contributed by atoms with E-state index in [0.29, 0.717) is 0 Å². The first-order valence-corrected chi connectivity index (χ1v) is 15.0. The molecule has 0 aliphatic rings. The van der Waals surface area contributed by atoms with Crippen molar-refractivity contribution >= 4 is 12.4 Å². The average molecular weight is 587 g/mol. The van der Waals surface area contributed by atoms with Crippen LogP contribution in [0.2, 0.25) is 0 Å². The smallest absolute Gasteiger partial charge is 0.161 e. The molecule has 0 bridgehead atoms. The van der Waals surface area contributed by atoms with Crippen molar-refractivity contribution in [2.45, 2.75) is 93.4 Å². The van der Waals surface area contributed by atoms with Crippen LogP contribution in [0.1, 0.15) is 98.1 Å². The van der Waals surface area contributed by atoms with E-state index in [9.17, 15) is 4.79 Å². The van der Waals surface area contributed by atoms with E-state index >= 15 is 0 Å². The highest BCUT2D eigenvalue weighted by Crippen LogP contribution is 2.28. The Balaban J connectivity index is -0.000000224. The molecule has 0 aliphatic carbocycles. The zero-order valence-electron chi connectivity index (χ0n) is 28.8. The fraction of sp³-hybridized carbons (Fsp3) is 0.486. The third-order valence-electron chi connectivity index (χ3n) is 4.91. The molecule has 0 spiro atoms. The maximum absolute atomic E-state index is 9.48. The molecule has 0 saturated heterocycles. The molecule has 42 heavy (non-hydrogen) atoms. The molecular formula is C37H62O5. The normalized spacial score (nSPS) is 8.74. The van der Waals surface area contributed by atoms with Gasteiger partial charge in [-0.15, -0.1) is 6.58 Å². The molecule has 2 aromatic carbocycles. The fourth-order valence-electron chi connectivity index (χ4n) is 2.77. The predicted octanol–water partition coefficient (Wildman–Crippen LogP) is 11.0. The first-order valence-electron chi connectivity index (χ1n) is 15.0. The van der Waals surface area contributed by atoms with Gasteiger partial charge in [0.2, 0.25) is 0 Å². The Hall–Kier alpha value is -3.47. The minimum absolute atomic E-state index is 0.731. The lowest BCUT2D eigenvalue weighted by atomic mass is 10.1. The number of unbranched alkanes of at least 4 members (excludes halogenated alkanes) is 3. The highest BCUT2D eigenvalue weighted by atomic mass is 16.5. The van der Waals surface area contributed by atoms with Crippen LogP contribution in [0.25, 0.3) is 6.08 Å². The van der Waals surface area contributed by atoms with Crippen molar-refractivity contribution in [2.75, 3.05) is 28.4 Å². The summed E-state index contributed by atoms with van der Waals surface area (Å²) >= 11 is 0. The predicted molar refractivity (Wildman–Crippen MR) is 186 cm³/mol. The van der Waals surface area contributed by atoms with E-state index in [1.807, 2.05) is 56.3 Å². The van der Waals surface area contributed by atoms with Gasteiger partial charge in [0.15, 0.2) is 23.0 Å². The molecule has 2 rings (SSSR count). The summed E-state index contributed by atoms with van der Waals surface area (Å²) in [5.74, 6) is 3.06. The Labute approximate surface area is 259 Å². The minimum atomic E-state index is 0.731. The molecule has 0 saturated carbocycles. The van der Waals surface area contributed by atoms with E-state index in [4.69, 9.17) is 18.9 Å². The summed E-state index contributed by atoms with van der Waals surface area (Å²) in [5, 5.41) is 0. The molecule has 2 aromatic rings. The van der Waals surface area contributed by atoms with Crippen LogP contribution in [0.5, 0.6) is 23.0 Å². The number of ether oxygens (including phenoxy) is 4. The number of rotatable bonds is 11. The summed E-state index contributed by atoms with van der Waals surface area (Å²) in [6, 6.07) is 11.6. The molecule has 0 aromatic heterocycles. The first kappa shape index (κ1) is 45.5. The Kier molecular flexibility index (Phi) is 40.7. The molecule has 5 nitrogen and oxygen atoms in total. The lowest BCUT2D eigenvalue weighted by molar-refractivity contribution is -0.104. The fourth-order valence-corrected chi connectivity index (χ4v) is 2.77. The number of hydrogen-bond donors (Lipinski definition) is 0. The Morgan fingerprint density at radius 1 is 0.690 bits per heavy atom. The van der Waals surface area contributed by atoms with Crippen LogP contribution in [0.15, 0.2) is 67.8 Å². The van der Waals surface area contributed by atoms with Crippen molar-refractivity contribution < 1.29 is 23.7 Å². The number of carbonyl (C=O) groups excluding carboxylic acids is 1. The zero-order valence-corrected chi connectivity index (χ0v) is 28.8. The van der Waals surface area contributed by atoms with Gasteiger partial charge in [0.05, 0.1) is 28.4 Å². The highest BCUT2D eigenvalue weighted by Gasteiger charge is 2.02. The molecular weight excluding hydrogens is 524 g/mol. The van der Waals surface area contributed by atoms with Gasteiger partial charge >= 0.3 is 0 Å². The SMILES string of the molecule is C=CC.C=Cc1ccc(OC)c(OC)c1.CC/C=C/C=O.CCC.CCCCCC.CCc1ccc(OC)c(OC)c1. The quantitative estimate of drug-likeness (QED) is 0.113. The van der Waals surface area contributed by atoms with Gasteiger partial charge < -0.3 is 18.9 Å². The van der Waals surface area contributed by atoms with Gasteiger partial charge in [-0.25, -0.2) is 0 Å². The Morgan fingerprint density at radius 3 is 1.43 bits per heavy atom. The summed E-state index contributed by atoms with van der Waals surface area (Å²) in [5.41, 5.74) is 2.28. The maximum Gasteiger partial charge on any atom is 0.161 e. The standard InChI is InChI=1S/C10H14O2.C10H12O2.C6H14.C5H8O.C3H8.C3H6/c2*1-4-8-5-6-9(11-2)10(7-8)12-3;1-3-5-6-4-2;1-2-3-4-5-6;2*1-3-2/h5-7H,4H2,1-3H3;4-7H,1H2,2-3H3;3-6H2,1-2H3;3-5H,2H2,1H3;3H2,1-2H3;3H,1H2,2H3/b;;;4-3+;;. The van der Waals surface area contributed by atoms with Crippen LogP contribution in [0.3, 0.4) is 0 Å². The molecule has 0 amide bonds. The number of benzene rings is 2. The van der Waals surface area contributed by atoms with E-state index in [0.717, 1.165) is 47.7 Å². The van der Waals surface area contributed by atoms with E-state index < -0.39 is 0 Å². The second-order valence-corrected chi connectivity index (χ2v) is 8.66. The van der Waals surface area contributed by atoms with Crippen molar-refractivity contribution in [2.24, 2.45) is 0 Å². The summed E-state index contributed by atoms with van der Waals surface area (Å²) in [6.45, 7) is 21.7. The van der Waals surface area contributed by atoms with Gasteiger partial charge in [0.25, 0.3) is 0 Å². The number of carbonyl (C=O) groups is 1. The third kappa shape index (κ3) is 28.1. The summed E-state index contributed by atoms with van der Waals surface area (Å²) in [7, 11) is 6.52. The first-order chi connectivity index (χ1) is 20.3. The monoisotopic (exact) mass is 586 g/mol. The molecule has 240 valence electrons. The Morgan fingerprint density at radius 2 is 1.12 bits per heavy atom. The van der Waals surface area contributed by atoms with E-state index in [-0.39, 0.29) is 0 Å². The second-order valence-electron chi connectivity index (χ2n) is 8.66. The van der Waals surface area contributed by atoms with Gasteiger partial charge in [-0.1, -0.05) is 111 Å². The van der Waals surface area contributed by atoms with Crippen LogP contribution >= 0.6 is 0 Å². The summed E-state index contributed by atoms with van der Waals surface area (Å²) < 4.78 is 20.4. The van der Waals surface area contributed by atoms with Crippen LogP contribution < -0.4 is 18.9 Å². The van der Waals surface area contributed by atoms with Crippen LogP contribution in [-0.4, -0.2) is 34.7 Å². The van der Waals surface area contributed by atoms with E-state index in [1.54, 1.807) is 40.6 Å². The second kappa shape index (κ2) is 37.5. The van der Waals surface area contributed by atoms with E-state index in [1.165, 1.54) is 43.7 Å². The lowest BCUT2D eigenvalue weighted by Crippen LogP contribution is -1.91. The van der Waals surface area contributed by atoms with Crippen molar-refractivity contribution in [1.29, 1.82) is 0 Å². The number of hydrogen-bond acceptors (Lipinski definition) is 5. The van der Waals surface area contributed by atoms with Gasteiger partial charge in [-0.2, -0.15) is 0 Å². The number of aryl methyl sites for hydroxylation is 1. The highest BCUT2D eigenvalue weighted by molar-refractivity contribution is 5.64. The van der Waals surface area contributed by atoms with Crippen molar-refractivity contribution in [3.8, 4) is 23.0 Å². The van der Waals surface area contributed by atoms with Gasteiger partial charge in [0.1, 0.15) is 6.29 Å². The van der Waals surface area contributed by atoms with Crippen LogP contribution in [0.4, 0.5) is 0 Å². The molecule has 0 aliphatic heterocycles. The van der Waals surface area contributed by atoms with Crippen LogP contribution in [-0.2, 0) is 11.2 Å². The average Bonchev–Trinajstić information content (AvgIpc) is 3.03. The van der Waals surface area contributed by atoms with Crippen molar-refractivity contribution in [3.63, 3.8) is 0 Å². The number of aldehydes is 1. The summed E-state index contributed by atoms with van der Waals surface area (Å²) in [4.78, 5) is 9.48. The molecule has 5 heteroatoms. The molecule has 0 fully saturated rings. The topological polar surface area (TPSA) is 54.0 Å². The maximum atomic E-state index is 9.48. The van der Waals surface area contributed by atoms with E-state index in [2.05, 4.69) is 47.8 Å². The number of allylic oxidation sites excluding steroid dienone is 3. The van der Waals surface area contributed by atoms with Gasteiger partial charge in [-0.3, -0.25) is 4.79 Å². The Bertz CT molecular complexity index is 899. The molecule has 0 unspecified atom stereocenters. The number of methoxy groups -OCH3 is 4. The molecule has 0 heterocycles. The largest absolute Gasteiger partial charge is 0.493 e. The minimum Gasteiger partial charge on any atom is -0.493 e. The van der Waals surface area contributed by atoms with Crippen molar-refractivity contribution in [3.05, 3.63) is 78.9 Å². The molecule has 0 radical (unpaired) electrons. The van der Waals surface area contributed by atoms with Crippen LogP contribution in [0, 0.1) is 0 Å². The summed E-state index contributed by atoms with van der Waals surface area (Å²) in [6.07, 6.45) is 16.4. The van der Waals surface area contributed by atoms with Gasteiger partial charge in [0, 0.05) is 0 Å². The molecule has 0 atom stereocenters. The van der Waals surface area contributed by atoms with Gasteiger partial charge in [-0.05, 0) is 61.2 Å². The zero-order chi connectivity index (χ0) is 33.0. The molecule has 0 N–H and O–H groups in total. The lowest BCUT2D eigenvalue weighted by Gasteiger charge is -2.07.